The Bertz CT molecular complexity index is 165. The standard InChI is InChI=1S/C3H9NO4S.Na/c4-3(5)1-2-9(6,7)8;/h3,5H,1-2,4H2,(H,6,7,8);/q;+1/p-1. The molecule has 0 aliphatic heterocycles. The maximum Gasteiger partial charge on any atom is 1.00 e. The summed E-state index contributed by atoms with van der Waals surface area (Å²) in [6.07, 6.45) is -1.42. The van der Waals surface area contributed by atoms with Crippen molar-refractivity contribution in [3.63, 3.8) is 0 Å². The molecule has 0 fully saturated rings. The largest absolute Gasteiger partial charge is 1.00 e. The van der Waals surface area contributed by atoms with E-state index in [1.807, 2.05) is 0 Å². The van der Waals surface area contributed by atoms with Crippen molar-refractivity contribution < 1.29 is 47.6 Å². The van der Waals surface area contributed by atoms with Crippen molar-refractivity contribution >= 4 is 10.1 Å². The third-order valence-electron chi connectivity index (χ3n) is 0.664. The van der Waals surface area contributed by atoms with E-state index in [1.54, 1.807) is 0 Å². The van der Waals surface area contributed by atoms with Gasteiger partial charge in [0.25, 0.3) is 0 Å². The van der Waals surface area contributed by atoms with Gasteiger partial charge in [0.15, 0.2) is 0 Å². The van der Waals surface area contributed by atoms with Gasteiger partial charge in [-0.05, 0) is 6.42 Å². The van der Waals surface area contributed by atoms with Gasteiger partial charge in [-0.15, -0.1) is 0 Å². The number of nitrogens with two attached hydrogens (primary N) is 1. The maximum absolute atomic E-state index is 9.81. The zero-order chi connectivity index (χ0) is 7.49. The first kappa shape index (κ1) is 13.4. The van der Waals surface area contributed by atoms with E-state index in [4.69, 9.17) is 10.8 Å². The average molecular weight is 177 g/mol. The van der Waals surface area contributed by atoms with E-state index in [-0.39, 0.29) is 36.0 Å². The summed E-state index contributed by atoms with van der Waals surface area (Å²) in [7, 11) is -4.21. The maximum atomic E-state index is 9.81. The molecular formula is C3H8NNaO4S. The first-order chi connectivity index (χ1) is 3.92. The molecule has 0 heterocycles. The predicted octanol–water partition coefficient (Wildman–Crippen LogP) is -4.80. The van der Waals surface area contributed by atoms with Crippen LogP contribution in [0.15, 0.2) is 0 Å². The van der Waals surface area contributed by atoms with E-state index < -0.39 is 22.1 Å². The Morgan fingerprint density at radius 1 is 1.60 bits per heavy atom. The number of aliphatic hydroxyl groups is 1. The van der Waals surface area contributed by atoms with Gasteiger partial charge in [0.2, 0.25) is 0 Å². The molecule has 0 bridgehead atoms. The van der Waals surface area contributed by atoms with Gasteiger partial charge >= 0.3 is 29.6 Å². The van der Waals surface area contributed by atoms with Crippen LogP contribution >= 0.6 is 0 Å². The second-order valence-corrected chi connectivity index (χ2v) is 3.14. The van der Waals surface area contributed by atoms with Crippen molar-refractivity contribution in [2.75, 3.05) is 5.75 Å². The Hall–Kier alpha value is 0.830. The quantitative estimate of drug-likeness (QED) is 0.256. The number of hydrogen-bond donors (Lipinski definition) is 2. The third-order valence-corrected chi connectivity index (χ3v) is 1.40. The smallest absolute Gasteiger partial charge is 0.748 e. The van der Waals surface area contributed by atoms with E-state index >= 15 is 0 Å². The molecule has 0 amide bonds. The normalized spacial score (nSPS) is 13.9. The Morgan fingerprint density at radius 3 is 2.10 bits per heavy atom. The van der Waals surface area contributed by atoms with Crippen LogP contribution in [0.25, 0.3) is 0 Å². The van der Waals surface area contributed by atoms with E-state index in [0.717, 1.165) is 0 Å². The topological polar surface area (TPSA) is 103 Å². The van der Waals surface area contributed by atoms with Crippen molar-refractivity contribution in [2.45, 2.75) is 12.6 Å². The molecular weight excluding hydrogens is 169 g/mol. The Balaban J connectivity index is 0. The molecule has 0 aromatic heterocycles. The summed E-state index contributed by atoms with van der Waals surface area (Å²) in [6, 6.07) is 0. The zero-order valence-corrected chi connectivity index (χ0v) is 8.47. The Labute approximate surface area is 81.6 Å². The van der Waals surface area contributed by atoms with Crippen LogP contribution in [-0.4, -0.2) is 30.1 Å². The fourth-order valence-corrected chi connectivity index (χ4v) is 0.795. The SMILES string of the molecule is NC(O)CCS(=O)(=O)[O-].[Na+]. The summed E-state index contributed by atoms with van der Waals surface area (Å²) in [4.78, 5) is 0. The molecule has 0 aromatic rings. The zero-order valence-electron chi connectivity index (χ0n) is 5.65. The molecule has 0 saturated heterocycles. The molecule has 3 N–H and O–H groups in total. The van der Waals surface area contributed by atoms with E-state index in [2.05, 4.69) is 0 Å². The first-order valence-electron chi connectivity index (χ1n) is 2.29. The molecule has 0 saturated carbocycles. The van der Waals surface area contributed by atoms with Crippen LogP contribution in [-0.2, 0) is 10.1 Å². The van der Waals surface area contributed by atoms with E-state index in [0.29, 0.717) is 0 Å². The van der Waals surface area contributed by atoms with Crippen molar-refractivity contribution in [1.82, 2.24) is 0 Å². The van der Waals surface area contributed by atoms with Crippen molar-refractivity contribution in [2.24, 2.45) is 5.73 Å². The minimum Gasteiger partial charge on any atom is -0.748 e. The summed E-state index contributed by atoms with van der Waals surface area (Å²) in [5.74, 6) is -0.606. The van der Waals surface area contributed by atoms with Gasteiger partial charge < -0.3 is 15.4 Å². The Kier molecular flexibility index (Phi) is 7.35. The molecule has 0 spiro atoms. The van der Waals surface area contributed by atoms with Crippen LogP contribution < -0.4 is 35.3 Å². The summed E-state index contributed by atoms with van der Waals surface area (Å²) < 4.78 is 29.4. The predicted molar refractivity (Wildman–Crippen MR) is 29.4 cm³/mol. The molecule has 1 atom stereocenters. The second-order valence-electron chi connectivity index (χ2n) is 1.62. The van der Waals surface area contributed by atoms with Crippen molar-refractivity contribution in [1.29, 1.82) is 0 Å². The molecule has 0 aliphatic rings. The fraction of sp³-hybridized carbons (Fsp3) is 1.00. The minimum atomic E-state index is -4.21. The molecule has 10 heavy (non-hydrogen) atoms. The summed E-state index contributed by atoms with van der Waals surface area (Å²) in [6.45, 7) is 0. The molecule has 0 rings (SSSR count). The molecule has 5 nitrogen and oxygen atoms in total. The number of hydrogen-bond acceptors (Lipinski definition) is 5. The first-order valence-corrected chi connectivity index (χ1v) is 3.87. The van der Waals surface area contributed by atoms with Crippen LogP contribution in [0, 0.1) is 0 Å². The average Bonchev–Trinajstić information content (AvgIpc) is 1.59. The van der Waals surface area contributed by atoms with Crippen molar-refractivity contribution in [3.8, 4) is 0 Å². The van der Waals surface area contributed by atoms with Gasteiger partial charge in [0.1, 0.15) is 6.23 Å². The summed E-state index contributed by atoms with van der Waals surface area (Å²) in [5.41, 5.74) is 4.75. The van der Waals surface area contributed by atoms with Crippen LogP contribution in [0.3, 0.4) is 0 Å². The third kappa shape index (κ3) is 11.6. The fourth-order valence-electron chi connectivity index (χ4n) is 0.265. The summed E-state index contributed by atoms with van der Waals surface area (Å²) in [5, 5.41) is 8.29. The van der Waals surface area contributed by atoms with Gasteiger partial charge in [-0.1, -0.05) is 0 Å². The minimum absolute atomic E-state index is 0. The summed E-state index contributed by atoms with van der Waals surface area (Å²) >= 11 is 0. The van der Waals surface area contributed by atoms with Crippen LogP contribution in [0.2, 0.25) is 0 Å². The molecule has 56 valence electrons. The molecule has 0 aromatic carbocycles. The van der Waals surface area contributed by atoms with Crippen molar-refractivity contribution in [3.05, 3.63) is 0 Å². The number of rotatable bonds is 3. The van der Waals surface area contributed by atoms with Gasteiger partial charge in [-0.3, -0.25) is 0 Å². The van der Waals surface area contributed by atoms with E-state index in [1.165, 1.54) is 0 Å². The molecule has 1 unspecified atom stereocenters. The van der Waals surface area contributed by atoms with Crippen LogP contribution in [0.5, 0.6) is 0 Å². The van der Waals surface area contributed by atoms with E-state index in [9.17, 15) is 13.0 Å². The molecule has 0 radical (unpaired) electrons. The van der Waals surface area contributed by atoms with Crippen LogP contribution in [0.4, 0.5) is 0 Å². The second kappa shape index (κ2) is 5.48. The van der Waals surface area contributed by atoms with Gasteiger partial charge in [0, 0.05) is 5.75 Å². The molecule has 7 heteroatoms. The van der Waals surface area contributed by atoms with Gasteiger partial charge in [-0.25, -0.2) is 8.42 Å². The molecule has 0 aliphatic carbocycles. The van der Waals surface area contributed by atoms with Gasteiger partial charge in [0.05, 0.1) is 10.1 Å². The van der Waals surface area contributed by atoms with Crippen LogP contribution in [0.1, 0.15) is 6.42 Å². The Morgan fingerprint density at radius 2 is 2.00 bits per heavy atom. The van der Waals surface area contributed by atoms with Gasteiger partial charge in [-0.2, -0.15) is 0 Å². The monoisotopic (exact) mass is 177 g/mol. The number of aliphatic hydroxyl groups excluding tert-OH is 1.